The van der Waals surface area contributed by atoms with Crippen LogP contribution in [0, 0.1) is 0 Å². The molecule has 1 aliphatic heterocycles. The molecule has 0 aliphatic carbocycles. The van der Waals surface area contributed by atoms with Crippen molar-refractivity contribution >= 4 is 24.5 Å². The van der Waals surface area contributed by atoms with Crippen LogP contribution in [0.25, 0.3) is 0 Å². The summed E-state index contributed by atoms with van der Waals surface area (Å²) in [6, 6.07) is 8.36. The molecule has 0 nitrogen and oxygen atoms in total. The Balaban J connectivity index is 2.69. The van der Waals surface area contributed by atoms with Gasteiger partial charge in [-0.1, -0.05) is 0 Å². The minimum atomic E-state index is 1.37. The molecular weight excluding hydrogens is 93.7 g/mol. The van der Waals surface area contributed by atoms with Crippen LogP contribution < -0.4 is 10.9 Å². The van der Waals surface area contributed by atoms with Crippen LogP contribution in [0.4, 0.5) is 0 Å². The van der Waals surface area contributed by atoms with Gasteiger partial charge in [0.15, 0.2) is 0 Å². The maximum absolute atomic E-state index is 2.12. The Morgan fingerprint density at radius 3 is 1.62 bits per heavy atom. The minimum absolute atomic E-state index is 1.37. The SMILES string of the molecule is B1=Bc2ccccc21. The van der Waals surface area contributed by atoms with E-state index in [4.69, 9.17) is 0 Å². The van der Waals surface area contributed by atoms with Crippen molar-refractivity contribution in [3.05, 3.63) is 24.3 Å². The van der Waals surface area contributed by atoms with E-state index >= 15 is 0 Å². The topological polar surface area (TPSA) is 0 Å². The first-order valence-electron chi connectivity index (χ1n) is 2.74. The van der Waals surface area contributed by atoms with Crippen LogP contribution in [0.1, 0.15) is 0 Å². The van der Waals surface area contributed by atoms with Gasteiger partial charge in [-0.25, -0.2) is 0 Å². The standard InChI is InChI=1S/C6H4B2/c1-2-4-6-5(3-1)7-8-6/h1-4H. The summed E-state index contributed by atoms with van der Waals surface area (Å²) in [7, 11) is 0. The molecule has 0 bridgehead atoms. The third-order valence-corrected chi connectivity index (χ3v) is 1.44. The molecule has 0 radical (unpaired) electrons. The number of rotatable bonds is 0. The van der Waals surface area contributed by atoms with Crippen molar-refractivity contribution in [2.24, 2.45) is 0 Å². The van der Waals surface area contributed by atoms with Gasteiger partial charge in [-0.15, -0.1) is 0 Å². The van der Waals surface area contributed by atoms with E-state index in [0.29, 0.717) is 0 Å². The van der Waals surface area contributed by atoms with Crippen molar-refractivity contribution in [2.45, 2.75) is 0 Å². The van der Waals surface area contributed by atoms with Crippen LogP contribution in [-0.4, -0.2) is 13.6 Å². The van der Waals surface area contributed by atoms with Crippen LogP contribution in [0.5, 0.6) is 0 Å². The Morgan fingerprint density at radius 1 is 0.875 bits per heavy atom. The zero-order valence-electron chi connectivity index (χ0n) is 4.46. The molecular formula is C6H4B2. The van der Waals surface area contributed by atoms with E-state index in [0.717, 1.165) is 0 Å². The molecule has 0 aromatic heterocycles. The number of fused-ring (bicyclic) bond motifs is 1. The third kappa shape index (κ3) is 0.430. The number of hydrogen-bond donors (Lipinski definition) is 0. The zero-order chi connectivity index (χ0) is 5.40. The molecule has 1 aliphatic rings. The van der Waals surface area contributed by atoms with E-state index in [1.165, 1.54) is 10.9 Å². The Bertz CT molecular complexity index is 215. The van der Waals surface area contributed by atoms with E-state index in [1.807, 2.05) is 0 Å². The van der Waals surface area contributed by atoms with Gasteiger partial charge in [0.05, 0.1) is 0 Å². The van der Waals surface area contributed by atoms with Crippen LogP contribution in [0.3, 0.4) is 0 Å². The first-order valence-corrected chi connectivity index (χ1v) is 2.74. The van der Waals surface area contributed by atoms with Gasteiger partial charge in [0.2, 0.25) is 0 Å². The normalized spacial score (nSPS) is 10.5. The van der Waals surface area contributed by atoms with Gasteiger partial charge in [0.25, 0.3) is 0 Å². The van der Waals surface area contributed by atoms with Gasteiger partial charge in [-0.3, -0.25) is 0 Å². The summed E-state index contributed by atoms with van der Waals surface area (Å²) < 4.78 is 0. The molecule has 2 rings (SSSR count). The Morgan fingerprint density at radius 2 is 1.38 bits per heavy atom. The first-order chi connectivity index (χ1) is 3.97. The first kappa shape index (κ1) is 4.25. The maximum atomic E-state index is 2.12. The van der Waals surface area contributed by atoms with Gasteiger partial charge in [0.1, 0.15) is 0 Å². The number of benzene rings is 1. The fraction of sp³-hybridized carbons (Fsp3) is 0. The van der Waals surface area contributed by atoms with Crippen molar-refractivity contribution in [3.63, 3.8) is 0 Å². The van der Waals surface area contributed by atoms with Gasteiger partial charge in [0, 0.05) is 0 Å². The molecule has 0 unspecified atom stereocenters. The van der Waals surface area contributed by atoms with E-state index in [1.54, 1.807) is 0 Å². The van der Waals surface area contributed by atoms with Crippen LogP contribution in [0.15, 0.2) is 24.3 Å². The predicted octanol–water partition coefficient (Wildman–Crippen LogP) is -0.726. The summed E-state index contributed by atoms with van der Waals surface area (Å²) >= 11 is 0. The Labute approximate surface area is 49.6 Å². The van der Waals surface area contributed by atoms with Crippen LogP contribution in [-0.2, 0) is 0 Å². The van der Waals surface area contributed by atoms with E-state index < -0.39 is 0 Å². The summed E-state index contributed by atoms with van der Waals surface area (Å²) in [5.74, 6) is 0. The predicted molar refractivity (Wildman–Crippen MR) is 37.2 cm³/mol. The monoisotopic (exact) mass is 98.0 g/mol. The van der Waals surface area contributed by atoms with Gasteiger partial charge in [-0.2, -0.15) is 0 Å². The molecule has 1 aromatic carbocycles. The fourth-order valence-electron chi connectivity index (χ4n) is 0.898. The molecule has 0 spiro atoms. The van der Waals surface area contributed by atoms with Crippen molar-refractivity contribution in [2.75, 3.05) is 0 Å². The average molecular weight is 97.7 g/mol. The average Bonchev–Trinajstić information content (AvgIpc) is 1.72. The second kappa shape index (κ2) is 1.41. The van der Waals surface area contributed by atoms with Gasteiger partial charge in [-0.05, 0) is 0 Å². The molecule has 1 aromatic rings. The zero-order valence-corrected chi connectivity index (χ0v) is 4.46. The molecule has 2 heteroatoms. The molecule has 34 valence electrons. The summed E-state index contributed by atoms with van der Waals surface area (Å²) in [5, 5.41) is 0. The van der Waals surface area contributed by atoms with Gasteiger partial charge >= 0.3 is 48.8 Å². The van der Waals surface area contributed by atoms with Crippen LogP contribution in [0.2, 0.25) is 0 Å². The molecule has 1 heterocycles. The third-order valence-electron chi connectivity index (χ3n) is 1.44. The quantitative estimate of drug-likeness (QED) is 0.381. The van der Waals surface area contributed by atoms with Crippen molar-refractivity contribution in [1.82, 2.24) is 0 Å². The molecule has 0 saturated heterocycles. The van der Waals surface area contributed by atoms with E-state index in [-0.39, 0.29) is 0 Å². The summed E-state index contributed by atoms with van der Waals surface area (Å²) in [6.07, 6.45) is 0. The van der Waals surface area contributed by atoms with Crippen molar-refractivity contribution in [3.8, 4) is 0 Å². The summed E-state index contributed by atoms with van der Waals surface area (Å²) in [5.41, 5.74) is 2.74. The molecule has 8 heavy (non-hydrogen) atoms. The van der Waals surface area contributed by atoms with E-state index in [2.05, 4.69) is 37.9 Å². The fourth-order valence-corrected chi connectivity index (χ4v) is 0.898. The molecule has 0 amide bonds. The van der Waals surface area contributed by atoms with Crippen molar-refractivity contribution < 1.29 is 0 Å². The van der Waals surface area contributed by atoms with E-state index in [9.17, 15) is 0 Å². The van der Waals surface area contributed by atoms with Gasteiger partial charge < -0.3 is 0 Å². The Hall–Kier alpha value is -0.650. The molecule has 0 fully saturated rings. The second-order valence-electron chi connectivity index (χ2n) is 1.96. The van der Waals surface area contributed by atoms with Crippen LogP contribution >= 0.6 is 0 Å². The Kier molecular flexibility index (Phi) is 0.750. The number of hydrogen-bond acceptors (Lipinski definition) is 0. The summed E-state index contributed by atoms with van der Waals surface area (Å²) in [4.78, 5) is 0. The van der Waals surface area contributed by atoms with Crippen molar-refractivity contribution in [1.29, 1.82) is 0 Å². The molecule has 0 N–H and O–H groups in total. The molecule has 0 saturated carbocycles. The molecule has 0 atom stereocenters. The second-order valence-corrected chi connectivity index (χ2v) is 1.96. The summed E-state index contributed by atoms with van der Waals surface area (Å²) in [6.45, 7) is 4.24.